The number of hydrogen-bond donors (Lipinski definition) is 2. The van der Waals surface area contributed by atoms with Gasteiger partial charge in [-0.05, 0) is 33.1 Å². The third-order valence-corrected chi connectivity index (χ3v) is 5.39. The number of ether oxygens (including phenoxy) is 1. The zero-order chi connectivity index (χ0) is 15.5. The van der Waals surface area contributed by atoms with E-state index >= 15 is 0 Å². The minimum absolute atomic E-state index is 0.0755. The van der Waals surface area contributed by atoms with Gasteiger partial charge in [0.25, 0.3) is 0 Å². The molecule has 0 aliphatic carbocycles. The molecule has 1 aromatic rings. The summed E-state index contributed by atoms with van der Waals surface area (Å²) in [6.07, 6.45) is 2.88. The fourth-order valence-corrected chi connectivity index (χ4v) is 4.14. The number of aliphatic hydroxyl groups excluding tert-OH is 1. The Kier molecular flexibility index (Phi) is 5.37. The van der Waals surface area contributed by atoms with E-state index in [2.05, 4.69) is 9.82 Å². The average Bonchev–Trinajstić information content (AvgIpc) is 2.99. The Morgan fingerprint density at radius 2 is 2.24 bits per heavy atom. The molecule has 1 aliphatic heterocycles. The van der Waals surface area contributed by atoms with Crippen molar-refractivity contribution in [3.05, 3.63) is 11.4 Å². The van der Waals surface area contributed by atoms with Gasteiger partial charge in [0.1, 0.15) is 4.90 Å². The first-order chi connectivity index (χ1) is 9.95. The van der Waals surface area contributed by atoms with E-state index in [1.54, 1.807) is 13.8 Å². The van der Waals surface area contributed by atoms with Gasteiger partial charge < -0.3 is 9.84 Å². The van der Waals surface area contributed by atoms with Gasteiger partial charge in [-0.15, -0.1) is 0 Å². The lowest BCUT2D eigenvalue weighted by Crippen LogP contribution is -2.28. The molecule has 0 radical (unpaired) electrons. The minimum Gasteiger partial charge on any atom is -0.394 e. The van der Waals surface area contributed by atoms with Gasteiger partial charge in [-0.3, -0.25) is 4.68 Å². The van der Waals surface area contributed by atoms with Crippen LogP contribution in [0.25, 0.3) is 0 Å². The van der Waals surface area contributed by atoms with Crippen LogP contribution in [0.1, 0.15) is 30.7 Å². The summed E-state index contributed by atoms with van der Waals surface area (Å²) in [5.41, 5.74) is 0.997. The zero-order valence-electron chi connectivity index (χ0n) is 12.5. The molecule has 2 N–H and O–H groups in total. The first-order valence-corrected chi connectivity index (χ1v) is 8.70. The molecule has 1 aliphatic rings. The summed E-state index contributed by atoms with van der Waals surface area (Å²) in [7, 11) is -3.58. The molecule has 0 saturated carbocycles. The molecule has 0 aromatic carbocycles. The van der Waals surface area contributed by atoms with Crippen molar-refractivity contribution in [1.82, 2.24) is 14.5 Å². The average molecular weight is 317 g/mol. The highest BCUT2D eigenvalue weighted by Crippen LogP contribution is 2.20. The van der Waals surface area contributed by atoms with Crippen molar-refractivity contribution in [3.8, 4) is 0 Å². The molecule has 1 saturated heterocycles. The van der Waals surface area contributed by atoms with Crippen LogP contribution < -0.4 is 4.72 Å². The molecule has 0 bridgehead atoms. The molecule has 120 valence electrons. The van der Waals surface area contributed by atoms with Crippen molar-refractivity contribution >= 4 is 10.0 Å². The lowest BCUT2D eigenvalue weighted by molar-refractivity contribution is 0.105. The molecule has 1 aromatic heterocycles. The first kappa shape index (κ1) is 16.4. The number of aliphatic hydroxyl groups is 1. The number of hydrogen-bond acceptors (Lipinski definition) is 5. The van der Waals surface area contributed by atoms with Gasteiger partial charge in [-0.2, -0.15) is 5.10 Å². The largest absolute Gasteiger partial charge is 0.394 e. The van der Waals surface area contributed by atoms with Gasteiger partial charge in [-0.1, -0.05) is 0 Å². The van der Waals surface area contributed by atoms with E-state index in [9.17, 15) is 8.42 Å². The van der Waals surface area contributed by atoms with Crippen LogP contribution >= 0.6 is 0 Å². The number of aromatic nitrogens is 2. The smallest absolute Gasteiger partial charge is 0.244 e. The third kappa shape index (κ3) is 3.82. The second-order valence-electron chi connectivity index (χ2n) is 5.27. The Hall–Kier alpha value is -0.960. The molecule has 8 heteroatoms. The second kappa shape index (κ2) is 6.87. The molecule has 0 amide bonds. The first-order valence-electron chi connectivity index (χ1n) is 7.22. The molecule has 2 rings (SSSR count). The van der Waals surface area contributed by atoms with Crippen LogP contribution in [0.4, 0.5) is 0 Å². The third-order valence-electron chi connectivity index (χ3n) is 3.68. The summed E-state index contributed by atoms with van der Waals surface area (Å²) in [6, 6.07) is 0. The van der Waals surface area contributed by atoms with Crippen LogP contribution in [0.15, 0.2) is 4.90 Å². The number of nitrogens with one attached hydrogen (secondary N) is 1. The maximum Gasteiger partial charge on any atom is 0.244 e. The van der Waals surface area contributed by atoms with Crippen molar-refractivity contribution in [2.45, 2.75) is 50.7 Å². The number of sulfonamides is 1. The predicted octanol–water partition coefficient (Wildman–Crippen LogP) is 0.340. The Labute approximate surface area is 125 Å². The lowest BCUT2D eigenvalue weighted by atomic mass is 10.2. The normalized spacial score (nSPS) is 19.3. The summed E-state index contributed by atoms with van der Waals surface area (Å²) in [6.45, 7) is 4.70. The zero-order valence-corrected chi connectivity index (χ0v) is 13.3. The van der Waals surface area contributed by atoms with Crippen LogP contribution in [-0.2, 0) is 21.3 Å². The topological polar surface area (TPSA) is 93.5 Å². The van der Waals surface area contributed by atoms with Gasteiger partial charge in [0.2, 0.25) is 10.0 Å². The van der Waals surface area contributed by atoms with E-state index in [-0.39, 0.29) is 24.2 Å². The van der Waals surface area contributed by atoms with Crippen LogP contribution in [0.2, 0.25) is 0 Å². The highest BCUT2D eigenvalue weighted by Gasteiger charge is 2.25. The SMILES string of the molecule is Cc1nn(CCO)c(C)c1S(=O)(=O)NCCC1CCCO1. The van der Waals surface area contributed by atoms with Crippen LogP contribution in [0.3, 0.4) is 0 Å². The summed E-state index contributed by atoms with van der Waals surface area (Å²) in [4.78, 5) is 0.211. The summed E-state index contributed by atoms with van der Waals surface area (Å²) < 4.78 is 34.4. The predicted molar refractivity (Wildman–Crippen MR) is 77.6 cm³/mol. The van der Waals surface area contributed by atoms with E-state index in [1.807, 2.05) is 0 Å². The van der Waals surface area contributed by atoms with Crippen molar-refractivity contribution in [2.75, 3.05) is 19.8 Å². The molecular formula is C13H23N3O4S. The molecule has 7 nitrogen and oxygen atoms in total. The van der Waals surface area contributed by atoms with Gasteiger partial charge in [-0.25, -0.2) is 13.1 Å². The van der Waals surface area contributed by atoms with Crippen molar-refractivity contribution in [1.29, 1.82) is 0 Å². The second-order valence-corrected chi connectivity index (χ2v) is 6.97. The van der Waals surface area contributed by atoms with Crippen molar-refractivity contribution < 1.29 is 18.3 Å². The number of nitrogens with zero attached hydrogens (tertiary/aromatic N) is 2. The maximum absolute atomic E-state index is 12.4. The van der Waals surface area contributed by atoms with E-state index in [0.717, 1.165) is 19.4 Å². The molecule has 1 unspecified atom stereocenters. The van der Waals surface area contributed by atoms with Crippen LogP contribution in [0, 0.1) is 13.8 Å². The summed E-state index contributed by atoms with van der Waals surface area (Å²) in [5.74, 6) is 0. The Balaban J connectivity index is 2.04. The molecular weight excluding hydrogens is 294 g/mol. The van der Waals surface area contributed by atoms with E-state index in [1.165, 1.54) is 4.68 Å². The molecule has 1 atom stereocenters. The Morgan fingerprint density at radius 3 is 2.86 bits per heavy atom. The number of rotatable bonds is 7. The minimum atomic E-state index is -3.58. The molecule has 2 heterocycles. The monoisotopic (exact) mass is 317 g/mol. The fraction of sp³-hybridized carbons (Fsp3) is 0.769. The van der Waals surface area contributed by atoms with Crippen LogP contribution in [0.5, 0.6) is 0 Å². The summed E-state index contributed by atoms with van der Waals surface area (Å²) >= 11 is 0. The quantitative estimate of drug-likeness (QED) is 0.756. The van der Waals surface area contributed by atoms with E-state index in [0.29, 0.717) is 24.4 Å². The van der Waals surface area contributed by atoms with Gasteiger partial charge in [0.05, 0.1) is 30.6 Å². The van der Waals surface area contributed by atoms with Crippen molar-refractivity contribution in [2.24, 2.45) is 0 Å². The molecule has 0 spiro atoms. The number of aryl methyl sites for hydroxylation is 1. The molecule has 21 heavy (non-hydrogen) atoms. The van der Waals surface area contributed by atoms with Gasteiger partial charge >= 0.3 is 0 Å². The highest BCUT2D eigenvalue weighted by atomic mass is 32.2. The molecule has 1 fully saturated rings. The highest BCUT2D eigenvalue weighted by molar-refractivity contribution is 7.89. The van der Waals surface area contributed by atoms with Crippen LogP contribution in [-0.4, -0.2) is 49.2 Å². The summed E-state index contributed by atoms with van der Waals surface area (Å²) in [5, 5.41) is 13.1. The van der Waals surface area contributed by atoms with E-state index in [4.69, 9.17) is 9.84 Å². The van der Waals surface area contributed by atoms with E-state index < -0.39 is 10.0 Å². The Bertz CT molecular complexity index is 576. The standard InChI is InChI=1S/C13H23N3O4S/c1-10-13(11(2)16(15-10)7-8-17)21(18,19)14-6-5-12-4-3-9-20-12/h12,14,17H,3-9H2,1-2H3. The Morgan fingerprint density at radius 1 is 1.48 bits per heavy atom. The van der Waals surface area contributed by atoms with Crippen molar-refractivity contribution in [3.63, 3.8) is 0 Å². The van der Waals surface area contributed by atoms with Gasteiger partial charge in [0.15, 0.2) is 0 Å². The lowest BCUT2D eigenvalue weighted by Gasteiger charge is -2.11. The fourth-order valence-electron chi connectivity index (χ4n) is 2.68. The van der Waals surface area contributed by atoms with Gasteiger partial charge in [0, 0.05) is 13.2 Å². The maximum atomic E-state index is 12.4.